The third-order valence-electron chi connectivity index (χ3n) is 3.25. The predicted octanol–water partition coefficient (Wildman–Crippen LogP) is 2.53. The van der Waals surface area contributed by atoms with Crippen LogP contribution in [-0.2, 0) is 0 Å². The minimum absolute atomic E-state index is 0.287. The van der Waals surface area contributed by atoms with Gasteiger partial charge in [-0.2, -0.15) is 5.26 Å². The SMILES string of the molecule is N#Cc1cc(Br)cc(N2CCC(CO)CC2)c1. The first kappa shape index (κ1) is 12.4. The average molecular weight is 295 g/mol. The summed E-state index contributed by atoms with van der Waals surface area (Å²) >= 11 is 3.43. The smallest absolute Gasteiger partial charge is 0.0992 e. The molecule has 0 unspecified atom stereocenters. The van der Waals surface area contributed by atoms with Gasteiger partial charge in [0.25, 0.3) is 0 Å². The van der Waals surface area contributed by atoms with Gasteiger partial charge in [-0.15, -0.1) is 0 Å². The lowest BCUT2D eigenvalue weighted by Crippen LogP contribution is -2.34. The van der Waals surface area contributed by atoms with Gasteiger partial charge < -0.3 is 10.0 Å². The van der Waals surface area contributed by atoms with Crippen LogP contribution in [0.2, 0.25) is 0 Å². The Balaban J connectivity index is 2.13. The van der Waals surface area contributed by atoms with E-state index in [1.807, 2.05) is 18.2 Å². The average Bonchev–Trinajstić information content (AvgIpc) is 2.38. The number of piperidine rings is 1. The molecule has 1 fully saturated rings. The third-order valence-corrected chi connectivity index (χ3v) is 3.71. The Hall–Kier alpha value is -1.05. The molecule has 1 aliphatic heterocycles. The molecular weight excluding hydrogens is 280 g/mol. The van der Waals surface area contributed by atoms with E-state index in [4.69, 9.17) is 10.4 Å². The maximum absolute atomic E-state index is 9.11. The van der Waals surface area contributed by atoms with Crippen LogP contribution < -0.4 is 4.90 Å². The predicted molar refractivity (Wildman–Crippen MR) is 70.9 cm³/mol. The van der Waals surface area contributed by atoms with Crippen molar-refractivity contribution in [2.24, 2.45) is 5.92 Å². The molecule has 1 heterocycles. The Morgan fingerprint density at radius 3 is 2.65 bits per heavy atom. The summed E-state index contributed by atoms with van der Waals surface area (Å²) in [6.45, 7) is 2.19. The second kappa shape index (κ2) is 5.52. The van der Waals surface area contributed by atoms with Crippen molar-refractivity contribution in [3.63, 3.8) is 0 Å². The highest BCUT2D eigenvalue weighted by molar-refractivity contribution is 9.10. The van der Waals surface area contributed by atoms with E-state index >= 15 is 0 Å². The highest BCUT2D eigenvalue weighted by Crippen LogP contribution is 2.26. The first-order chi connectivity index (χ1) is 8.22. The fourth-order valence-electron chi connectivity index (χ4n) is 2.20. The van der Waals surface area contributed by atoms with Gasteiger partial charge in [-0.3, -0.25) is 0 Å². The Bertz CT molecular complexity index is 434. The maximum Gasteiger partial charge on any atom is 0.0992 e. The largest absolute Gasteiger partial charge is 0.396 e. The van der Waals surface area contributed by atoms with Crippen molar-refractivity contribution in [2.75, 3.05) is 24.6 Å². The fraction of sp³-hybridized carbons (Fsp3) is 0.462. The highest BCUT2D eigenvalue weighted by Gasteiger charge is 2.19. The van der Waals surface area contributed by atoms with Crippen molar-refractivity contribution < 1.29 is 5.11 Å². The number of hydrogen-bond acceptors (Lipinski definition) is 3. The lowest BCUT2D eigenvalue weighted by Gasteiger charge is -2.33. The molecule has 0 aliphatic carbocycles. The van der Waals surface area contributed by atoms with E-state index in [1.165, 1.54) is 0 Å². The molecule has 1 saturated heterocycles. The van der Waals surface area contributed by atoms with Gasteiger partial charge in [0, 0.05) is 29.9 Å². The Kier molecular flexibility index (Phi) is 4.03. The molecule has 1 aliphatic rings. The number of hydrogen-bond donors (Lipinski definition) is 1. The topological polar surface area (TPSA) is 47.3 Å². The fourth-order valence-corrected chi connectivity index (χ4v) is 2.68. The summed E-state index contributed by atoms with van der Waals surface area (Å²) in [7, 11) is 0. The van der Waals surface area contributed by atoms with Gasteiger partial charge in [0.05, 0.1) is 11.6 Å². The number of halogens is 1. The number of anilines is 1. The van der Waals surface area contributed by atoms with E-state index in [0.717, 1.165) is 36.1 Å². The highest BCUT2D eigenvalue weighted by atomic mass is 79.9. The number of aliphatic hydroxyl groups excluding tert-OH is 1. The van der Waals surface area contributed by atoms with Crippen molar-refractivity contribution in [1.29, 1.82) is 5.26 Å². The molecule has 1 aromatic rings. The van der Waals surface area contributed by atoms with Crippen molar-refractivity contribution in [2.45, 2.75) is 12.8 Å². The molecule has 3 nitrogen and oxygen atoms in total. The van der Waals surface area contributed by atoms with E-state index in [0.29, 0.717) is 11.5 Å². The molecule has 0 spiro atoms. The van der Waals surface area contributed by atoms with Gasteiger partial charge in [-0.1, -0.05) is 15.9 Å². The van der Waals surface area contributed by atoms with Crippen molar-refractivity contribution in [3.8, 4) is 6.07 Å². The Labute approximate surface area is 110 Å². The van der Waals surface area contributed by atoms with E-state index in [9.17, 15) is 0 Å². The van der Waals surface area contributed by atoms with Crippen LogP contribution in [0.25, 0.3) is 0 Å². The second-order valence-electron chi connectivity index (χ2n) is 4.42. The molecule has 1 N–H and O–H groups in total. The molecule has 0 aromatic heterocycles. The van der Waals surface area contributed by atoms with Gasteiger partial charge in [-0.05, 0) is 37.0 Å². The first-order valence-electron chi connectivity index (χ1n) is 5.79. The summed E-state index contributed by atoms with van der Waals surface area (Å²) in [5, 5.41) is 18.0. The first-order valence-corrected chi connectivity index (χ1v) is 6.58. The van der Waals surface area contributed by atoms with Crippen LogP contribution in [0.3, 0.4) is 0 Å². The van der Waals surface area contributed by atoms with E-state index < -0.39 is 0 Å². The standard InChI is InChI=1S/C13H15BrN2O/c14-12-5-11(8-15)6-13(7-12)16-3-1-10(9-17)2-4-16/h5-7,10,17H,1-4,9H2. The van der Waals surface area contributed by atoms with Gasteiger partial charge >= 0.3 is 0 Å². The molecule has 2 rings (SSSR count). The normalized spacial score (nSPS) is 16.9. The van der Waals surface area contributed by atoms with E-state index in [2.05, 4.69) is 26.9 Å². The lowest BCUT2D eigenvalue weighted by atomic mass is 9.97. The maximum atomic E-state index is 9.11. The molecule has 0 radical (unpaired) electrons. The monoisotopic (exact) mass is 294 g/mol. The van der Waals surface area contributed by atoms with Crippen LogP contribution in [0.1, 0.15) is 18.4 Å². The van der Waals surface area contributed by atoms with E-state index in [-0.39, 0.29) is 6.61 Å². The van der Waals surface area contributed by atoms with Crippen molar-refractivity contribution in [3.05, 3.63) is 28.2 Å². The van der Waals surface area contributed by atoms with Crippen LogP contribution in [0.15, 0.2) is 22.7 Å². The summed E-state index contributed by atoms with van der Waals surface area (Å²) < 4.78 is 0.941. The minimum atomic E-state index is 0.287. The van der Waals surface area contributed by atoms with Crippen LogP contribution >= 0.6 is 15.9 Å². The van der Waals surface area contributed by atoms with Crippen molar-refractivity contribution >= 4 is 21.6 Å². The Morgan fingerprint density at radius 2 is 2.06 bits per heavy atom. The second-order valence-corrected chi connectivity index (χ2v) is 5.34. The van der Waals surface area contributed by atoms with Crippen LogP contribution in [-0.4, -0.2) is 24.8 Å². The molecule has 4 heteroatoms. The molecule has 90 valence electrons. The van der Waals surface area contributed by atoms with Crippen LogP contribution in [0, 0.1) is 17.2 Å². The van der Waals surface area contributed by atoms with Crippen LogP contribution in [0.4, 0.5) is 5.69 Å². The number of benzene rings is 1. The molecule has 1 aromatic carbocycles. The molecule has 0 amide bonds. The molecular formula is C13H15BrN2O. The summed E-state index contributed by atoms with van der Waals surface area (Å²) in [6.07, 6.45) is 2.04. The third kappa shape index (κ3) is 2.99. The lowest BCUT2D eigenvalue weighted by molar-refractivity contribution is 0.203. The van der Waals surface area contributed by atoms with E-state index in [1.54, 1.807) is 0 Å². The summed E-state index contributed by atoms with van der Waals surface area (Å²) in [5.74, 6) is 0.439. The van der Waals surface area contributed by atoms with Crippen molar-refractivity contribution in [1.82, 2.24) is 0 Å². The number of nitrogens with zero attached hydrogens (tertiary/aromatic N) is 2. The molecule has 17 heavy (non-hydrogen) atoms. The van der Waals surface area contributed by atoms with Gasteiger partial charge in [0.15, 0.2) is 0 Å². The quantitative estimate of drug-likeness (QED) is 0.912. The van der Waals surface area contributed by atoms with Crippen LogP contribution in [0.5, 0.6) is 0 Å². The zero-order valence-electron chi connectivity index (χ0n) is 9.56. The zero-order chi connectivity index (χ0) is 12.3. The van der Waals surface area contributed by atoms with Gasteiger partial charge in [0.1, 0.15) is 0 Å². The summed E-state index contributed by atoms with van der Waals surface area (Å²) in [6, 6.07) is 7.96. The zero-order valence-corrected chi connectivity index (χ0v) is 11.2. The number of nitriles is 1. The number of rotatable bonds is 2. The minimum Gasteiger partial charge on any atom is -0.396 e. The molecule has 0 bridgehead atoms. The molecule has 0 saturated carbocycles. The van der Waals surface area contributed by atoms with Gasteiger partial charge in [-0.25, -0.2) is 0 Å². The molecule has 0 atom stereocenters. The Morgan fingerprint density at radius 1 is 1.35 bits per heavy atom. The summed E-state index contributed by atoms with van der Waals surface area (Å²) in [4.78, 5) is 2.28. The summed E-state index contributed by atoms with van der Waals surface area (Å²) in [5.41, 5.74) is 1.77. The number of aliphatic hydroxyl groups is 1. The van der Waals surface area contributed by atoms with Gasteiger partial charge in [0.2, 0.25) is 0 Å².